The fourth-order valence-corrected chi connectivity index (χ4v) is 5.70. The van der Waals surface area contributed by atoms with E-state index in [-0.39, 0.29) is 28.2 Å². The summed E-state index contributed by atoms with van der Waals surface area (Å²) in [5, 5.41) is 0. The fourth-order valence-electron chi connectivity index (χ4n) is 5.70. The second kappa shape index (κ2) is 6.83. The van der Waals surface area contributed by atoms with Gasteiger partial charge in [0.15, 0.2) is 11.5 Å². The summed E-state index contributed by atoms with van der Waals surface area (Å²) in [4.78, 5) is 25.0. The Bertz CT molecular complexity index is 698. The highest BCUT2D eigenvalue weighted by molar-refractivity contribution is 6.19. The van der Waals surface area contributed by atoms with E-state index >= 15 is 0 Å². The SMILES string of the molecule is C=C1CCC[C@H]2[C@](C)(CC3=CC(=O)C=C(OCC)C3=O)[C@@H](C)CC[C@]12C. The van der Waals surface area contributed by atoms with Crippen molar-refractivity contribution < 1.29 is 14.3 Å². The van der Waals surface area contributed by atoms with E-state index in [1.807, 2.05) is 6.92 Å². The van der Waals surface area contributed by atoms with Crippen LogP contribution in [0.5, 0.6) is 0 Å². The lowest BCUT2D eigenvalue weighted by molar-refractivity contribution is -0.119. The normalized spacial score (nSPS) is 37.8. The van der Waals surface area contributed by atoms with Crippen LogP contribution in [0.1, 0.15) is 66.2 Å². The van der Waals surface area contributed by atoms with Gasteiger partial charge >= 0.3 is 0 Å². The number of ether oxygens (including phenoxy) is 1. The summed E-state index contributed by atoms with van der Waals surface area (Å²) in [6.45, 7) is 13.6. The van der Waals surface area contributed by atoms with Gasteiger partial charge in [-0.3, -0.25) is 9.59 Å². The van der Waals surface area contributed by atoms with Crippen LogP contribution in [0.15, 0.2) is 35.6 Å². The Hall–Kier alpha value is -1.64. The highest BCUT2D eigenvalue weighted by Crippen LogP contribution is 2.63. The predicted molar refractivity (Wildman–Crippen MR) is 104 cm³/mol. The molecule has 0 spiro atoms. The van der Waals surface area contributed by atoms with E-state index in [1.165, 1.54) is 37.0 Å². The molecule has 0 radical (unpaired) electrons. The van der Waals surface area contributed by atoms with Crippen LogP contribution in [0, 0.1) is 22.7 Å². The highest BCUT2D eigenvalue weighted by atomic mass is 16.5. The standard InChI is InChI=1S/C23H32O3/c1-6-26-19-13-18(24)12-17(21(19)25)14-23(5)16(3)10-11-22(4)15(2)8-7-9-20(22)23/h12-13,16,20H,2,6-11,14H2,1,3-5H3/t16-,20+,22+,23+/m0/s1. The highest BCUT2D eigenvalue weighted by Gasteiger charge is 2.54. The molecule has 2 fully saturated rings. The minimum absolute atomic E-state index is 0.00714. The summed E-state index contributed by atoms with van der Waals surface area (Å²) in [5.41, 5.74) is 2.14. The number of rotatable bonds is 4. The van der Waals surface area contributed by atoms with Crippen LogP contribution in [0.2, 0.25) is 0 Å². The zero-order valence-corrected chi connectivity index (χ0v) is 16.7. The van der Waals surface area contributed by atoms with Crippen LogP contribution in [-0.2, 0) is 14.3 Å². The van der Waals surface area contributed by atoms with Crippen LogP contribution in [0.25, 0.3) is 0 Å². The number of hydrogen-bond donors (Lipinski definition) is 0. The third-order valence-electron chi connectivity index (χ3n) is 7.54. The molecule has 4 atom stereocenters. The fraction of sp³-hybridized carbons (Fsp3) is 0.652. The number of carbonyl (C=O) groups is 2. The van der Waals surface area contributed by atoms with Crippen molar-refractivity contribution >= 4 is 11.6 Å². The number of carbonyl (C=O) groups excluding carboxylic acids is 2. The van der Waals surface area contributed by atoms with Crippen molar-refractivity contribution in [3.8, 4) is 0 Å². The zero-order valence-electron chi connectivity index (χ0n) is 16.7. The molecule has 0 unspecified atom stereocenters. The first-order valence-corrected chi connectivity index (χ1v) is 10.0. The summed E-state index contributed by atoms with van der Waals surface area (Å²) in [5.74, 6) is 0.979. The average molecular weight is 357 g/mol. The Labute approximate surface area is 157 Å². The zero-order chi connectivity index (χ0) is 19.1. The maximum atomic E-state index is 12.9. The van der Waals surface area contributed by atoms with Gasteiger partial charge < -0.3 is 4.74 Å². The van der Waals surface area contributed by atoms with Crippen molar-refractivity contribution in [1.29, 1.82) is 0 Å². The summed E-state index contributed by atoms with van der Waals surface area (Å²) < 4.78 is 5.42. The first-order chi connectivity index (χ1) is 12.2. The van der Waals surface area contributed by atoms with E-state index in [4.69, 9.17) is 4.74 Å². The largest absolute Gasteiger partial charge is 0.490 e. The lowest BCUT2D eigenvalue weighted by Gasteiger charge is -2.59. The monoisotopic (exact) mass is 356 g/mol. The number of allylic oxidation sites excluding steroid dienone is 4. The number of ketones is 2. The molecule has 0 amide bonds. The molecule has 0 saturated heterocycles. The minimum atomic E-state index is -0.133. The molecule has 142 valence electrons. The quantitative estimate of drug-likeness (QED) is 0.515. The molecule has 0 N–H and O–H groups in total. The Morgan fingerprint density at radius 2 is 1.96 bits per heavy atom. The third-order valence-corrected chi connectivity index (χ3v) is 7.54. The van der Waals surface area contributed by atoms with Crippen LogP contribution < -0.4 is 0 Å². The molecular formula is C23H32O3. The van der Waals surface area contributed by atoms with E-state index in [0.717, 1.165) is 12.8 Å². The van der Waals surface area contributed by atoms with Crippen molar-refractivity contribution in [2.75, 3.05) is 6.61 Å². The number of fused-ring (bicyclic) bond motifs is 1. The van der Waals surface area contributed by atoms with Crippen LogP contribution >= 0.6 is 0 Å². The van der Waals surface area contributed by atoms with Gasteiger partial charge in [-0.1, -0.05) is 32.9 Å². The molecule has 2 saturated carbocycles. The first-order valence-electron chi connectivity index (χ1n) is 10.0. The van der Waals surface area contributed by atoms with E-state index in [9.17, 15) is 9.59 Å². The van der Waals surface area contributed by atoms with E-state index in [1.54, 1.807) is 0 Å². The van der Waals surface area contributed by atoms with Crippen LogP contribution in [-0.4, -0.2) is 18.2 Å². The topological polar surface area (TPSA) is 43.4 Å². The maximum absolute atomic E-state index is 12.9. The lowest BCUT2D eigenvalue weighted by Crippen LogP contribution is -2.50. The molecule has 0 aromatic rings. The van der Waals surface area contributed by atoms with Gasteiger partial charge in [0.05, 0.1) is 6.61 Å². The van der Waals surface area contributed by atoms with Crippen molar-refractivity contribution in [2.24, 2.45) is 22.7 Å². The Kier molecular flexibility index (Phi) is 5.02. The van der Waals surface area contributed by atoms with Gasteiger partial charge in [0.1, 0.15) is 0 Å². The summed E-state index contributed by atoms with van der Waals surface area (Å²) in [6, 6.07) is 0. The van der Waals surface area contributed by atoms with Gasteiger partial charge in [-0.2, -0.15) is 0 Å². The third kappa shape index (κ3) is 3.00. The van der Waals surface area contributed by atoms with Gasteiger partial charge in [-0.25, -0.2) is 0 Å². The van der Waals surface area contributed by atoms with Gasteiger partial charge in [0.2, 0.25) is 5.78 Å². The van der Waals surface area contributed by atoms with Crippen molar-refractivity contribution in [3.05, 3.63) is 35.6 Å². The van der Waals surface area contributed by atoms with Gasteiger partial charge in [-0.05, 0) is 74.2 Å². The molecule has 3 aliphatic carbocycles. The van der Waals surface area contributed by atoms with Crippen LogP contribution in [0.4, 0.5) is 0 Å². The lowest BCUT2D eigenvalue weighted by atomic mass is 9.46. The molecule has 26 heavy (non-hydrogen) atoms. The molecule has 0 bridgehead atoms. The van der Waals surface area contributed by atoms with Crippen molar-refractivity contribution in [1.82, 2.24) is 0 Å². The molecule has 3 nitrogen and oxygen atoms in total. The summed E-state index contributed by atoms with van der Waals surface area (Å²) in [7, 11) is 0. The molecule has 0 aliphatic heterocycles. The minimum Gasteiger partial charge on any atom is -0.490 e. The summed E-state index contributed by atoms with van der Waals surface area (Å²) in [6.07, 6.45) is 9.32. The Morgan fingerprint density at radius 3 is 2.65 bits per heavy atom. The Balaban J connectivity index is 1.92. The summed E-state index contributed by atoms with van der Waals surface area (Å²) >= 11 is 0. The molecule has 3 rings (SSSR count). The molecule has 3 heteroatoms. The number of hydrogen-bond acceptors (Lipinski definition) is 3. The first kappa shape index (κ1) is 19.1. The van der Waals surface area contributed by atoms with Gasteiger partial charge in [-0.15, -0.1) is 0 Å². The molecule has 0 aromatic heterocycles. The smallest absolute Gasteiger partial charge is 0.223 e. The Morgan fingerprint density at radius 1 is 1.23 bits per heavy atom. The van der Waals surface area contributed by atoms with E-state index < -0.39 is 0 Å². The van der Waals surface area contributed by atoms with Crippen molar-refractivity contribution in [2.45, 2.75) is 66.2 Å². The maximum Gasteiger partial charge on any atom is 0.223 e. The average Bonchev–Trinajstić information content (AvgIpc) is 2.58. The second-order valence-electron chi connectivity index (χ2n) is 8.93. The predicted octanol–water partition coefficient (Wildman–Crippen LogP) is 5.17. The molecule has 3 aliphatic rings. The second-order valence-corrected chi connectivity index (χ2v) is 8.93. The van der Waals surface area contributed by atoms with Gasteiger partial charge in [0, 0.05) is 11.6 Å². The van der Waals surface area contributed by atoms with E-state index in [0.29, 0.717) is 30.4 Å². The van der Waals surface area contributed by atoms with Gasteiger partial charge in [0.25, 0.3) is 0 Å². The van der Waals surface area contributed by atoms with Crippen molar-refractivity contribution in [3.63, 3.8) is 0 Å². The number of Topliss-reactive ketones (excluding diaryl/α,β-unsaturated/α-hetero) is 1. The molecule has 0 aromatic carbocycles. The van der Waals surface area contributed by atoms with E-state index in [2.05, 4.69) is 27.4 Å². The molecular weight excluding hydrogens is 324 g/mol. The molecule has 0 heterocycles. The van der Waals surface area contributed by atoms with Crippen LogP contribution in [0.3, 0.4) is 0 Å².